The Balaban J connectivity index is 3.20. The fourth-order valence-electron chi connectivity index (χ4n) is 2.24. The highest BCUT2D eigenvalue weighted by atomic mass is 14.6. The van der Waals surface area contributed by atoms with E-state index in [1.54, 1.807) is 0 Å². The molecule has 0 aliphatic rings. The average Bonchev–Trinajstić information content (AvgIpc) is 2.50. The number of allylic oxidation sites excluding steroid dienone is 1. The van der Waals surface area contributed by atoms with E-state index in [0.717, 1.165) is 6.42 Å². The van der Waals surface area contributed by atoms with E-state index in [4.69, 9.17) is 8.48 Å². The molecule has 0 heterocycles. The molecule has 0 aliphatic heterocycles. The van der Waals surface area contributed by atoms with Crippen LogP contribution in [0.25, 0.3) is 0 Å². The molecular weight excluding hydrogens is 230 g/mol. The van der Waals surface area contributed by atoms with Gasteiger partial charge in [-0.25, -0.2) is 0 Å². The predicted octanol–water partition coefficient (Wildman–Crippen LogP) is 5.98. The van der Waals surface area contributed by atoms with Gasteiger partial charge >= 0.3 is 0 Å². The molecule has 0 aromatic carbocycles. The SMILES string of the molecule is [2H]CC(N)C([2H])C=CCCCCCCCCCCCCC. The second kappa shape index (κ2) is 15.8. The highest BCUT2D eigenvalue weighted by molar-refractivity contribution is 4.83. The quantitative estimate of drug-likeness (QED) is 0.304. The zero-order valence-electron chi connectivity index (χ0n) is 15.1. The minimum Gasteiger partial charge on any atom is -0.328 e. The monoisotopic (exact) mass is 269 g/mol. The summed E-state index contributed by atoms with van der Waals surface area (Å²) in [5, 5.41) is 0. The molecule has 0 radical (unpaired) electrons. The summed E-state index contributed by atoms with van der Waals surface area (Å²) >= 11 is 0. The van der Waals surface area contributed by atoms with E-state index in [-0.39, 0.29) is 12.9 Å². The van der Waals surface area contributed by atoms with Crippen LogP contribution in [-0.4, -0.2) is 6.04 Å². The van der Waals surface area contributed by atoms with Gasteiger partial charge in [-0.3, -0.25) is 0 Å². The standard InChI is InChI=1S/C18H37N/c1-3-4-5-6-7-8-9-10-11-12-13-14-15-16-17-18(2)19/h15-16,18H,3-14,17,19H2,1-2H3/i2D,17D. The molecule has 0 spiro atoms. The van der Waals surface area contributed by atoms with E-state index in [9.17, 15) is 0 Å². The lowest BCUT2D eigenvalue weighted by Gasteiger charge is -2.02. The van der Waals surface area contributed by atoms with Crippen molar-refractivity contribution in [2.45, 2.75) is 103 Å². The Bertz CT molecular complexity index is 231. The van der Waals surface area contributed by atoms with E-state index in [0.29, 0.717) is 0 Å². The minimum absolute atomic E-state index is 0.136. The second-order valence-corrected chi connectivity index (χ2v) is 5.61. The molecule has 0 amide bonds. The highest BCUT2D eigenvalue weighted by Crippen LogP contribution is 2.12. The van der Waals surface area contributed by atoms with Crippen LogP contribution in [0, 0.1) is 0 Å². The molecule has 1 nitrogen and oxygen atoms in total. The van der Waals surface area contributed by atoms with E-state index in [2.05, 4.69) is 13.0 Å². The van der Waals surface area contributed by atoms with Crippen molar-refractivity contribution < 1.29 is 2.74 Å². The lowest BCUT2D eigenvalue weighted by atomic mass is 10.1. The van der Waals surface area contributed by atoms with Gasteiger partial charge in [0.15, 0.2) is 0 Å². The molecule has 114 valence electrons. The molecule has 2 N–H and O–H groups in total. The van der Waals surface area contributed by atoms with E-state index < -0.39 is 6.40 Å². The maximum absolute atomic E-state index is 7.70. The van der Waals surface area contributed by atoms with Crippen LogP contribution >= 0.6 is 0 Å². The molecular formula is C18H37N. The van der Waals surface area contributed by atoms with Crippen molar-refractivity contribution >= 4 is 0 Å². The van der Waals surface area contributed by atoms with Gasteiger partial charge in [0.1, 0.15) is 0 Å². The lowest BCUT2D eigenvalue weighted by Crippen LogP contribution is -2.12. The van der Waals surface area contributed by atoms with Gasteiger partial charge in [0.2, 0.25) is 0 Å². The van der Waals surface area contributed by atoms with Gasteiger partial charge in [0.05, 0.1) is 0 Å². The van der Waals surface area contributed by atoms with Crippen LogP contribution < -0.4 is 5.73 Å². The third-order valence-electron chi connectivity index (χ3n) is 3.47. The van der Waals surface area contributed by atoms with Crippen LogP contribution in [0.2, 0.25) is 0 Å². The molecule has 2 atom stereocenters. The Morgan fingerprint density at radius 1 is 0.895 bits per heavy atom. The second-order valence-electron chi connectivity index (χ2n) is 5.61. The molecule has 0 bridgehead atoms. The molecule has 0 aromatic heterocycles. The molecule has 0 aromatic rings. The Hall–Kier alpha value is -0.300. The normalized spacial score (nSPS) is 16.3. The van der Waals surface area contributed by atoms with Gasteiger partial charge in [-0.1, -0.05) is 83.3 Å². The summed E-state index contributed by atoms with van der Waals surface area (Å²) < 4.78 is 14.8. The highest BCUT2D eigenvalue weighted by Gasteiger charge is 1.92. The van der Waals surface area contributed by atoms with Gasteiger partial charge in [0, 0.05) is 8.78 Å². The smallest absolute Gasteiger partial charge is 0.0325 e. The fraction of sp³-hybridized carbons (Fsp3) is 0.889. The maximum Gasteiger partial charge on any atom is 0.0325 e. The first kappa shape index (κ1) is 15.1. The van der Waals surface area contributed by atoms with Crippen LogP contribution in [0.4, 0.5) is 0 Å². The first-order valence-corrected chi connectivity index (χ1v) is 8.36. The number of hydrogen-bond acceptors (Lipinski definition) is 1. The maximum atomic E-state index is 7.70. The van der Waals surface area contributed by atoms with E-state index in [1.165, 1.54) is 70.6 Å². The topological polar surface area (TPSA) is 26.0 Å². The van der Waals surface area contributed by atoms with Crippen LogP contribution in [0.3, 0.4) is 0 Å². The zero-order valence-corrected chi connectivity index (χ0v) is 13.1. The van der Waals surface area contributed by atoms with Crippen LogP contribution in [-0.2, 0) is 0 Å². The summed E-state index contributed by atoms with van der Waals surface area (Å²) in [7, 11) is 0. The third-order valence-corrected chi connectivity index (χ3v) is 3.47. The summed E-state index contributed by atoms with van der Waals surface area (Å²) in [5.41, 5.74) is 5.64. The van der Waals surface area contributed by atoms with Crippen molar-refractivity contribution in [3.63, 3.8) is 0 Å². The Morgan fingerprint density at radius 2 is 1.42 bits per heavy atom. The van der Waals surface area contributed by atoms with Crippen LogP contribution in [0.5, 0.6) is 0 Å². The van der Waals surface area contributed by atoms with Gasteiger partial charge < -0.3 is 5.73 Å². The number of unbranched alkanes of at least 4 members (excludes halogenated alkanes) is 11. The van der Waals surface area contributed by atoms with Gasteiger partial charge in [0.25, 0.3) is 0 Å². The van der Waals surface area contributed by atoms with Crippen molar-refractivity contribution in [3.8, 4) is 0 Å². The largest absolute Gasteiger partial charge is 0.328 e. The van der Waals surface area contributed by atoms with Crippen molar-refractivity contribution in [1.82, 2.24) is 0 Å². The summed E-state index contributed by atoms with van der Waals surface area (Å²) in [6.07, 6.45) is 19.6. The molecule has 0 saturated carbocycles. The number of nitrogens with two attached hydrogens (primary N) is 1. The number of hydrogen-bond donors (Lipinski definition) is 1. The van der Waals surface area contributed by atoms with Crippen molar-refractivity contribution in [1.29, 1.82) is 0 Å². The summed E-state index contributed by atoms with van der Waals surface area (Å²) in [6, 6.07) is -0.335. The Kier molecular flexibility index (Phi) is 12.5. The molecule has 19 heavy (non-hydrogen) atoms. The molecule has 2 unspecified atom stereocenters. The number of rotatable bonds is 14. The third kappa shape index (κ3) is 17.7. The summed E-state index contributed by atoms with van der Waals surface area (Å²) in [4.78, 5) is 0. The average molecular weight is 270 g/mol. The van der Waals surface area contributed by atoms with Crippen LogP contribution in [0.1, 0.15) is 100 Å². The van der Waals surface area contributed by atoms with Gasteiger partial charge in [-0.2, -0.15) is 0 Å². The predicted molar refractivity (Wildman–Crippen MR) is 88.5 cm³/mol. The summed E-state index contributed by atoms with van der Waals surface area (Å²) in [5.74, 6) is 0. The first-order valence-electron chi connectivity index (χ1n) is 9.64. The lowest BCUT2D eigenvalue weighted by molar-refractivity contribution is 0.550. The van der Waals surface area contributed by atoms with Crippen molar-refractivity contribution in [2.75, 3.05) is 0 Å². The molecule has 0 fully saturated rings. The summed E-state index contributed by atoms with van der Waals surface area (Å²) in [6.45, 7) is 2.40. The Morgan fingerprint density at radius 3 is 1.95 bits per heavy atom. The molecule has 0 aliphatic carbocycles. The molecule has 0 rings (SSSR count). The van der Waals surface area contributed by atoms with E-state index in [1.807, 2.05) is 6.08 Å². The van der Waals surface area contributed by atoms with Gasteiger partial charge in [-0.05, 0) is 26.1 Å². The first-order chi connectivity index (χ1) is 10.2. The minimum atomic E-state index is -0.407. The van der Waals surface area contributed by atoms with Crippen LogP contribution in [0.15, 0.2) is 12.2 Å². The van der Waals surface area contributed by atoms with Crippen molar-refractivity contribution in [3.05, 3.63) is 12.2 Å². The van der Waals surface area contributed by atoms with E-state index >= 15 is 0 Å². The van der Waals surface area contributed by atoms with Gasteiger partial charge in [-0.15, -0.1) is 0 Å². The fourth-order valence-corrected chi connectivity index (χ4v) is 2.24. The molecule has 0 saturated heterocycles. The zero-order chi connectivity index (χ0) is 15.8. The Labute approximate surface area is 124 Å². The van der Waals surface area contributed by atoms with Crippen molar-refractivity contribution in [2.24, 2.45) is 5.73 Å². The molecule has 1 heteroatoms.